The van der Waals surface area contributed by atoms with Gasteiger partial charge in [0.15, 0.2) is 0 Å². The van der Waals surface area contributed by atoms with Gasteiger partial charge in [0.1, 0.15) is 11.6 Å². The van der Waals surface area contributed by atoms with Crippen molar-refractivity contribution in [3.8, 4) is 0 Å². The smallest absolute Gasteiger partial charge is 0.419 e. The molecule has 0 unspecified atom stereocenters. The van der Waals surface area contributed by atoms with E-state index >= 15 is 0 Å². The molecule has 0 fully saturated rings. The lowest BCUT2D eigenvalue weighted by molar-refractivity contribution is -0.137. The van der Waals surface area contributed by atoms with Crippen molar-refractivity contribution in [2.75, 3.05) is 18.0 Å². The van der Waals surface area contributed by atoms with Crippen molar-refractivity contribution < 1.29 is 18.3 Å². The number of anilines is 1. The van der Waals surface area contributed by atoms with Gasteiger partial charge in [0.25, 0.3) is 0 Å². The number of hydrogen-bond donors (Lipinski definition) is 2. The molecule has 2 heterocycles. The standard InChI is InChI=1S/C15H17F3N4O/c1-10(23)11-4-7-22(8-5-13(11)21-9-19)14-12(15(16,17)18)3-2-6-20-14/h2-3,6,9,23H,1,4-5,7-8H2,(H2,19,21). The number of pyridine rings is 1. The van der Waals surface area contributed by atoms with Crippen molar-refractivity contribution in [2.24, 2.45) is 10.7 Å². The molecular weight excluding hydrogens is 309 g/mol. The van der Waals surface area contributed by atoms with Gasteiger partial charge in [-0.2, -0.15) is 13.2 Å². The maximum atomic E-state index is 13.1. The quantitative estimate of drug-likeness (QED) is 0.509. The Morgan fingerprint density at radius 1 is 1.39 bits per heavy atom. The summed E-state index contributed by atoms with van der Waals surface area (Å²) < 4.78 is 39.4. The lowest BCUT2D eigenvalue weighted by atomic mass is 10.1. The predicted octanol–water partition coefficient (Wildman–Crippen LogP) is 3.01. The van der Waals surface area contributed by atoms with Crippen LogP contribution in [0.15, 0.2) is 46.9 Å². The molecule has 8 heteroatoms. The average molecular weight is 326 g/mol. The summed E-state index contributed by atoms with van der Waals surface area (Å²) in [5.41, 5.74) is 5.52. The molecule has 0 aromatic carbocycles. The van der Waals surface area contributed by atoms with Gasteiger partial charge in [0.05, 0.1) is 17.6 Å². The molecule has 2 rings (SSSR count). The highest BCUT2D eigenvalue weighted by Crippen LogP contribution is 2.36. The number of aliphatic hydroxyl groups excluding tert-OH is 1. The zero-order chi connectivity index (χ0) is 17.0. The monoisotopic (exact) mass is 326 g/mol. The summed E-state index contributed by atoms with van der Waals surface area (Å²) in [5.74, 6) is -0.273. The molecule has 5 nitrogen and oxygen atoms in total. The molecule has 1 aromatic rings. The largest absolute Gasteiger partial charge is 0.508 e. The molecule has 0 amide bonds. The normalized spacial score (nSPS) is 16.7. The number of alkyl halides is 3. The van der Waals surface area contributed by atoms with Crippen molar-refractivity contribution in [3.63, 3.8) is 0 Å². The zero-order valence-electron chi connectivity index (χ0n) is 12.3. The summed E-state index contributed by atoms with van der Waals surface area (Å²) in [5, 5.41) is 9.66. The zero-order valence-corrected chi connectivity index (χ0v) is 12.3. The molecule has 0 saturated heterocycles. The molecule has 124 valence electrons. The number of rotatable bonds is 3. The molecule has 0 atom stereocenters. The predicted molar refractivity (Wildman–Crippen MR) is 82.2 cm³/mol. The van der Waals surface area contributed by atoms with E-state index in [1.165, 1.54) is 17.2 Å². The molecule has 3 N–H and O–H groups in total. The number of aliphatic imine (C=N–C) groups is 1. The lowest BCUT2D eigenvalue weighted by Crippen LogP contribution is -2.28. The van der Waals surface area contributed by atoms with Crippen molar-refractivity contribution in [1.29, 1.82) is 0 Å². The van der Waals surface area contributed by atoms with Crippen LogP contribution in [0, 0.1) is 0 Å². The van der Waals surface area contributed by atoms with Crippen LogP contribution in [0.2, 0.25) is 0 Å². The first-order valence-electron chi connectivity index (χ1n) is 6.96. The number of aromatic nitrogens is 1. The second kappa shape index (κ2) is 6.72. The van der Waals surface area contributed by atoms with Crippen molar-refractivity contribution in [2.45, 2.75) is 19.0 Å². The summed E-state index contributed by atoms with van der Waals surface area (Å²) in [6.45, 7) is 4.02. The molecule has 1 aliphatic heterocycles. The molecule has 1 aromatic heterocycles. The fourth-order valence-corrected chi connectivity index (χ4v) is 2.52. The number of allylic oxidation sites excluding steroid dienone is 1. The van der Waals surface area contributed by atoms with Crippen LogP contribution >= 0.6 is 0 Å². The SMILES string of the molecule is C=C(O)C1=C(/N=C\N)CCN(c2ncccc2C(F)(F)F)CC1. The Labute approximate surface area is 131 Å². The second-order valence-corrected chi connectivity index (χ2v) is 5.01. The highest BCUT2D eigenvalue weighted by atomic mass is 19.4. The van der Waals surface area contributed by atoms with E-state index < -0.39 is 11.7 Å². The Kier molecular flexibility index (Phi) is 4.92. The second-order valence-electron chi connectivity index (χ2n) is 5.01. The Morgan fingerprint density at radius 3 is 2.70 bits per heavy atom. The molecular formula is C15H17F3N4O. The Hall–Kier alpha value is -2.51. The highest BCUT2D eigenvalue weighted by molar-refractivity contribution is 5.55. The van der Waals surface area contributed by atoms with Gasteiger partial charge in [-0.05, 0) is 18.6 Å². The van der Waals surface area contributed by atoms with Gasteiger partial charge in [-0.3, -0.25) is 0 Å². The van der Waals surface area contributed by atoms with Crippen LogP contribution in [0.25, 0.3) is 0 Å². The minimum Gasteiger partial charge on any atom is -0.508 e. The maximum Gasteiger partial charge on any atom is 0.419 e. The molecule has 23 heavy (non-hydrogen) atoms. The third-order valence-corrected chi connectivity index (χ3v) is 3.57. The Bertz CT molecular complexity index is 652. The van der Waals surface area contributed by atoms with Gasteiger partial charge in [-0.15, -0.1) is 0 Å². The number of nitrogens with two attached hydrogens (primary N) is 1. The van der Waals surface area contributed by atoms with Gasteiger partial charge in [-0.25, -0.2) is 9.98 Å². The van der Waals surface area contributed by atoms with E-state index in [1.54, 1.807) is 0 Å². The van der Waals surface area contributed by atoms with Crippen LogP contribution in [0.4, 0.5) is 19.0 Å². The van der Waals surface area contributed by atoms with Crippen LogP contribution in [0.3, 0.4) is 0 Å². The van der Waals surface area contributed by atoms with E-state index in [4.69, 9.17) is 5.73 Å². The summed E-state index contributed by atoms with van der Waals surface area (Å²) in [6.07, 6.45) is -1.43. The third-order valence-electron chi connectivity index (χ3n) is 3.57. The lowest BCUT2D eigenvalue weighted by Gasteiger charge is -2.24. The number of nitrogens with zero attached hydrogens (tertiary/aromatic N) is 3. The number of aliphatic hydroxyl groups is 1. The fourth-order valence-electron chi connectivity index (χ4n) is 2.52. The average Bonchev–Trinajstić information content (AvgIpc) is 2.69. The first kappa shape index (κ1) is 16.9. The van der Waals surface area contributed by atoms with Crippen molar-refractivity contribution in [3.05, 3.63) is 47.5 Å². The molecule has 0 saturated carbocycles. The van der Waals surface area contributed by atoms with Crippen LogP contribution in [0.5, 0.6) is 0 Å². The van der Waals surface area contributed by atoms with Gasteiger partial charge < -0.3 is 15.7 Å². The van der Waals surface area contributed by atoms with Crippen LogP contribution in [0.1, 0.15) is 18.4 Å². The summed E-state index contributed by atoms with van der Waals surface area (Å²) in [6, 6.07) is 2.26. The minimum absolute atomic E-state index is 0.124. The summed E-state index contributed by atoms with van der Waals surface area (Å²) in [4.78, 5) is 9.41. The maximum absolute atomic E-state index is 13.1. The van der Waals surface area contributed by atoms with E-state index in [-0.39, 0.29) is 24.7 Å². The summed E-state index contributed by atoms with van der Waals surface area (Å²) in [7, 11) is 0. The molecule has 0 aliphatic carbocycles. The third kappa shape index (κ3) is 3.82. The fraction of sp³-hybridized carbons (Fsp3) is 0.333. The number of hydrogen-bond acceptors (Lipinski definition) is 4. The van der Waals surface area contributed by atoms with Gasteiger partial charge in [0.2, 0.25) is 0 Å². The Morgan fingerprint density at radius 2 is 2.09 bits per heavy atom. The van der Waals surface area contributed by atoms with Gasteiger partial charge in [0, 0.05) is 31.3 Å². The van der Waals surface area contributed by atoms with Gasteiger partial charge in [-0.1, -0.05) is 6.58 Å². The van der Waals surface area contributed by atoms with E-state index in [1.807, 2.05) is 0 Å². The first-order valence-corrected chi connectivity index (χ1v) is 6.96. The first-order chi connectivity index (χ1) is 10.8. The molecule has 0 radical (unpaired) electrons. The van der Waals surface area contributed by atoms with E-state index in [9.17, 15) is 18.3 Å². The Balaban J connectivity index is 2.32. The highest BCUT2D eigenvalue weighted by Gasteiger charge is 2.36. The van der Waals surface area contributed by atoms with Crippen molar-refractivity contribution >= 4 is 12.2 Å². The van der Waals surface area contributed by atoms with E-state index in [2.05, 4.69) is 16.6 Å². The van der Waals surface area contributed by atoms with Crippen LogP contribution < -0.4 is 10.6 Å². The van der Waals surface area contributed by atoms with Crippen molar-refractivity contribution in [1.82, 2.24) is 4.98 Å². The van der Waals surface area contributed by atoms with Crippen LogP contribution in [-0.2, 0) is 6.18 Å². The topological polar surface area (TPSA) is 74.7 Å². The summed E-state index contributed by atoms with van der Waals surface area (Å²) >= 11 is 0. The van der Waals surface area contributed by atoms with Crippen LogP contribution in [-0.4, -0.2) is 29.5 Å². The van der Waals surface area contributed by atoms with Gasteiger partial charge >= 0.3 is 6.18 Å². The molecule has 0 bridgehead atoms. The van der Waals surface area contributed by atoms with E-state index in [0.717, 1.165) is 12.4 Å². The molecule has 0 spiro atoms. The van der Waals surface area contributed by atoms with E-state index in [0.29, 0.717) is 24.1 Å². The number of halogens is 3. The molecule has 1 aliphatic rings. The minimum atomic E-state index is -4.48.